The summed E-state index contributed by atoms with van der Waals surface area (Å²) in [5, 5.41) is -0.264. The van der Waals surface area contributed by atoms with Crippen LogP contribution in [0.3, 0.4) is 0 Å². The van der Waals surface area contributed by atoms with Gasteiger partial charge in [0.2, 0.25) is 5.91 Å². The lowest BCUT2D eigenvalue weighted by atomic mass is 9.90. The molecule has 0 radical (unpaired) electrons. The Hall–Kier alpha value is -3.56. The van der Waals surface area contributed by atoms with Crippen molar-refractivity contribution < 1.29 is 22.7 Å². The first-order chi connectivity index (χ1) is 22.7. The molecule has 4 aromatic carbocycles. The number of benzene rings is 4. The molecule has 0 aromatic heterocycles. The maximum Gasteiger partial charge on any atom is 0.417 e. The molecule has 1 amide bonds. The monoisotopic (exact) mass is 699 g/mol. The fraction of sp³-hybridized carbons (Fsp3) is 0.342. The van der Waals surface area contributed by atoms with E-state index in [2.05, 4.69) is 41.1 Å². The number of nitrogens with zero attached hydrogens (tertiary/aromatic N) is 3. The largest absolute Gasteiger partial charge is 0.494 e. The molecule has 10 heteroatoms. The van der Waals surface area contributed by atoms with Gasteiger partial charge in [-0.3, -0.25) is 9.69 Å². The number of likely N-dealkylation sites (N-methyl/N-ethyl adjacent to an activating group) is 1. The van der Waals surface area contributed by atoms with E-state index >= 15 is 0 Å². The molecule has 0 saturated carbocycles. The van der Waals surface area contributed by atoms with E-state index in [-0.39, 0.29) is 35.8 Å². The molecule has 0 atom stereocenters. The number of carbonyl (C=O) groups excluding carboxylic acids is 1. The Morgan fingerprint density at radius 1 is 0.875 bits per heavy atom. The summed E-state index contributed by atoms with van der Waals surface area (Å²) in [6, 6.07) is 32.0. The molecule has 256 valence electrons. The molecule has 5 rings (SSSR count). The summed E-state index contributed by atoms with van der Waals surface area (Å²) in [5.41, 5.74) is 2.76. The van der Waals surface area contributed by atoms with Crippen molar-refractivity contribution in [1.82, 2.24) is 14.7 Å². The fourth-order valence-corrected chi connectivity index (χ4v) is 6.29. The Balaban J connectivity index is 0.00000520. The van der Waals surface area contributed by atoms with Crippen LogP contribution in [0, 0.1) is 0 Å². The summed E-state index contributed by atoms with van der Waals surface area (Å²) in [6.45, 7) is 5.04. The molecule has 1 heterocycles. The molecule has 0 bridgehead atoms. The van der Waals surface area contributed by atoms with Crippen LogP contribution >= 0.6 is 24.0 Å². The second-order valence-electron chi connectivity index (χ2n) is 12.1. The number of rotatable bonds is 13. The van der Waals surface area contributed by atoms with Crippen molar-refractivity contribution in [3.05, 3.63) is 136 Å². The highest BCUT2D eigenvalue weighted by atomic mass is 35.5. The van der Waals surface area contributed by atoms with Crippen LogP contribution in [0.1, 0.15) is 40.2 Å². The highest BCUT2D eigenvalue weighted by molar-refractivity contribution is 6.32. The molecule has 0 aliphatic carbocycles. The molecule has 1 aliphatic rings. The van der Waals surface area contributed by atoms with Crippen molar-refractivity contribution in [2.24, 2.45) is 0 Å². The average Bonchev–Trinajstić information content (AvgIpc) is 3.07. The van der Waals surface area contributed by atoms with E-state index in [0.717, 1.165) is 48.9 Å². The van der Waals surface area contributed by atoms with Crippen LogP contribution in [0.4, 0.5) is 13.2 Å². The minimum absolute atomic E-state index is 0. The minimum atomic E-state index is -4.54. The van der Waals surface area contributed by atoms with Gasteiger partial charge in [-0.15, -0.1) is 12.4 Å². The lowest BCUT2D eigenvalue weighted by molar-refractivity contribution is -0.137. The van der Waals surface area contributed by atoms with Crippen molar-refractivity contribution in [2.45, 2.75) is 31.5 Å². The zero-order valence-corrected chi connectivity index (χ0v) is 28.6. The Labute approximate surface area is 292 Å². The highest BCUT2D eigenvalue weighted by Gasteiger charge is 2.34. The number of ether oxygens (including phenoxy) is 1. The Morgan fingerprint density at radius 2 is 1.50 bits per heavy atom. The third-order valence-corrected chi connectivity index (χ3v) is 9.07. The van der Waals surface area contributed by atoms with E-state index in [1.54, 1.807) is 6.07 Å². The van der Waals surface area contributed by atoms with E-state index in [9.17, 15) is 18.0 Å². The number of alkyl halides is 3. The Kier molecular flexibility index (Phi) is 13.8. The van der Waals surface area contributed by atoms with Gasteiger partial charge in [-0.05, 0) is 53.9 Å². The second kappa shape index (κ2) is 17.7. The number of halogens is 5. The first-order valence-corrected chi connectivity index (χ1v) is 16.4. The lowest BCUT2D eigenvalue weighted by Crippen LogP contribution is -2.47. The number of hydrogen-bond donors (Lipinski definition) is 0. The van der Waals surface area contributed by atoms with Gasteiger partial charge in [0.1, 0.15) is 5.75 Å². The number of carbonyl (C=O) groups is 1. The maximum absolute atomic E-state index is 13.7. The summed E-state index contributed by atoms with van der Waals surface area (Å²) < 4.78 is 47.2. The fourth-order valence-electron chi connectivity index (χ4n) is 5.99. The second-order valence-corrected chi connectivity index (χ2v) is 12.5. The molecule has 0 N–H and O–H groups in total. The maximum atomic E-state index is 13.7. The molecule has 1 aliphatic heterocycles. The quantitative estimate of drug-likeness (QED) is 0.132. The SMILES string of the molecule is CN1CCN(C(=O)Cc2cccc(OCCCN(Cc3cccc(C(F)(F)F)c3Cl)CC(c3ccccc3)c3ccccc3)c2)CC1.Cl. The Morgan fingerprint density at radius 3 is 2.12 bits per heavy atom. The van der Waals surface area contributed by atoms with E-state index in [4.69, 9.17) is 16.3 Å². The third-order valence-electron chi connectivity index (χ3n) is 8.62. The molecule has 0 unspecified atom stereocenters. The molecule has 5 nitrogen and oxygen atoms in total. The van der Waals surface area contributed by atoms with Gasteiger partial charge >= 0.3 is 6.18 Å². The molecule has 0 spiro atoms. The number of hydrogen-bond acceptors (Lipinski definition) is 4. The van der Waals surface area contributed by atoms with Gasteiger partial charge in [-0.1, -0.05) is 96.5 Å². The van der Waals surface area contributed by atoms with Crippen LogP contribution in [0.15, 0.2) is 103 Å². The zero-order chi connectivity index (χ0) is 33.2. The van der Waals surface area contributed by atoms with Crippen molar-refractivity contribution in [3.8, 4) is 5.75 Å². The number of amides is 1. The average molecular weight is 701 g/mol. The van der Waals surface area contributed by atoms with Gasteiger partial charge in [0.15, 0.2) is 0 Å². The zero-order valence-electron chi connectivity index (χ0n) is 27.0. The van der Waals surface area contributed by atoms with Crippen molar-refractivity contribution in [1.29, 1.82) is 0 Å². The normalized spacial score (nSPS) is 13.9. The summed E-state index contributed by atoms with van der Waals surface area (Å²) in [5.74, 6) is 0.801. The van der Waals surface area contributed by atoms with Gasteiger partial charge in [0.05, 0.1) is 23.6 Å². The standard InChI is InChI=1S/C38H41ClF3N3O2.ClH/c1-43-20-22-45(23-21-43)36(46)26-29-11-8-17-33(25-29)47-24-10-19-44(27-32-16-9-18-35(37(32)39)38(40,41)42)28-34(30-12-4-2-5-13-30)31-14-6-3-7-15-31;/h2-9,11-18,25,34H,10,19-24,26-28H2,1H3;1H. The smallest absolute Gasteiger partial charge is 0.417 e. The summed E-state index contributed by atoms with van der Waals surface area (Å²) in [7, 11) is 2.06. The van der Waals surface area contributed by atoms with Crippen LogP contribution in [0.25, 0.3) is 0 Å². The molecule has 4 aromatic rings. The molecule has 1 saturated heterocycles. The van der Waals surface area contributed by atoms with E-state index in [1.807, 2.05) is 65.6 Å². The van der Waals surface area contributed by atoms with Crippen molar-refractivity contribution in [2.75, 3.05) is 52.9 Å². The van der Waals surface area contributed by atoms with Gasteiger partial charge in [0.25, 0.3) is 0 Å². The van der Waals surface area contributed by atoms with Crippen molar-refractivity contribution in [3.63, 3.8) is 0 Å². The van der Waals surface area contributed by atoms with E-state index in [0.29, 0.717) is 43.9 Å². The number of piperazine rings is 1. The lowest BCUT2D eigenvalue weighted by Gasteiger charge is -2.32. The van der Waals surface area contributed by atoms with Crippen LogP contribution in [0.2, 0.25) is 5.02 Å². The Bertz CT molecular complexity index is 1540. The first kappa shape index (κ1) is 37.3. The summed E-state index contributed by atoms with van der Waals surface area (Å²) in [4.78, 5) is 19.1. The third kappa shape index (κ3) is 10.5. The van der Waals surface area contributed by atoms with E-state index in [1.165, 1.54) is 6.07 Å². The summed E-state index contributed by atoms with van der Waals surface area (Å²) >= 11 is 6.36. The van der Waals surface area contributed by atoms with Gasteiger partial charge < -0.3 is 14.5 Å². The van der Waals surface area contributed by atoms with Crippen LogP contribution in [-0.4, -0.2) is 73.5 Å². The minimum Gasteiger partial charge on any atom is -0.494 e. The van der Waals surface area contributed by atoms with Crippen LogP contribution in [0.5, 0.6) is 5.75 Å². The van der Waals surface area contributed by atoms with Gasteiger partial charge in [0, 0.05) is 51.7 Å². The van der Waals surface area contributed by atoms with Crippen molar-refractivity contribution >= 4 is 29.9 Å². The molecule has 1 fully saturated rings. The molecular weight excluding hydrogens is 658 g/mol. The van der Waals surface area contributed by atoms with E-state index < -0.39 is 11.7 Å². The van der Waals surface area contributed by atoms with Crippen LogP contribution in [-0.2, 0) is 23.9 Å². The van der Waals surface area contributed by atoms with Crippen LogP contribution < -0.4 is 4.74 Å². The van der Waals surface area contributed by atoms with Gasteiger partial charge in [-0.25, -0.2) is 0 Å². The highest BCUT2D eigenvalue weighted by Crippen LogP contribution is 2.37. The molecule has 48 heavy (non-hydrogen) atoms. The predicted molar refractivity (Wildman–Crippen MR) is 188 cm³/mol. The summed E-state index contributed by atoms with van der Waals surface area (Å²) in [6.07, 6.45) is -3.57. The molecular formula is C38H42Cl2F3N3O2. The van der Waals surface area contributed by atoms with Gasteiger partial charge in [-0.2, -0.15) is 13.2 Å². The topological polar surface area (TPSA) is 36.0 Å². The first-order valence-electron chi connectivity index (χ1n) is 16.0. The predicted octanol–water partition coefficient (Wildman–Crippen LogP) is 8.20.